The fourth-order valence-electron chi connectivity index (χ4n) is 4.74. The number of nitrogens with zero attached hydrogens (tertiary/aromatic N) is 2. The van der Waals surface area contributed by atoms with Crippen LogP contribution in [0, 0.1) is 5.82 Å². The molecule has 0 radical (unpaired) electrons. The van der Waals surface area contributed by atoms with Crippen molar-refractivity contribution in [1.29, 1.82) is 0 Å². The number of aromatic nitrogens is 1. The Labute approximate surface area is 202 Å². The average Bonchev–Trinajstić information content (AvgIpc) is 3.48. The van der Waals surface area contributed by atoms with Gasteiger partial charge in [-0.1, -0.05) is 18.2 Å². The molecule has 2 N–H and O–H groups in total. The topological polar surface area (TPSA) is 96.7 Å². The van der Waals surface area contributed by atoms with Gasteiger partial charge in [0.25, 0.3) is 5.91 Å². The van der Waals surface area contributed by atoms with Gasteiger partial charge in [-0.05, 0) is 43.2 Å². The van der Waals surface area contributed by atoms with Crippen molar-refractivity contribution in [3.05, 3.63) is 71.9 Å². The summed E-state index contributed by atoms with van der Waals surface area (Å²) in [5.74, 6) is -0.140. The van der Waals surface area contributed by atoms with Crippen LogP contribution in [0.25, 0.3) is 11.5 Å². The Kier molecular flexibility index (Phi) is 6.76. The van der Waals surface area contributed by atoms with Gasteiger partial charge >= 0.3 is 0 Å². The van der Waals surface area contributed by atoms with Crippen LogP contribution in [-0.2, 0) is 11.3 Å². The molecule has 2 bridgehead atoms. The maximum absolute atomic E-state index is 13.9. The lowest BCUT2D eigenvalue weighted by atomic mass is 10.1. The number of hydrogen-bond donors (Lipinski definition) is 2. The summed E-state index contributed by atoms with van der Waals surface area (Å²) in [6, 6.07) is 13.5. The number of carbonyl (C=O) groups excluding carboxylic acids is 2. The predicted molar refractivity (Wildman–Crippen MR) is 126 cm³/mol. The van der Waals surface area contributed by atoms with Gasteiger partial charge < -0.3 is 19.8 Å². The number of rotatable bonds is 3. The molecule has 9 heteroatoms. The summed E-state index contributed by atoms with van der Waals surface area (Å²) in [6.07, 6.45) is 3.62. The zero-order chi connectivity index (χ0) is 24.2. The average molecular weight is 479 g/mol. The first-order valence-corrected chi connectivity index (χ1v) is 11.8. The molecule has 0 spiro atoms. The molecule has 0 aliphatic carbocycles. The quantitative estimate of drug-likeness (QED) is 0.601. The second-order valence-corrected chi connectivity index (χ2v) is 8.82. The SMILES string of the molecule is O=C1C[C@@H]2CC[C@H](CNC(=O)c3cc(F)ccc3OCCN1)N2Cc1coc(-c2ccccc2)n1. The van der Waals surface area contributed by atoms with E-state index in [0.29, 0.717) is 25.4 Å². The molecular weight excluding hydrogens is 451 g/mol. The van der Waals surface area contributed by atoms with E-state index in [4.69, 9.17) is 9.15 Å². The van der Waals surface area contributed by atoms with Crippen LogP contribution in [0.2, 0.25) is 0 Å². The van der Waals surface area contributed by atoms with E-state index >= 15 is 0 Å². The van der Waals surface area contributed by atoms with E-state index in [1.54, 1.807) is 6.26 Å². The molecule has 2 amide bonds. The number of amides is 2. The lowest BCUT2D eigenvalue weighted by molar-refractivity contribution is -0.122. The summed E-state index contributed by atoms with van der Waals surface area (Å²) in [5, 5.41) is 5.82. The number of fused-ring (bicyclic) bond motifs is 3. The van der Waals surface area contributed by atoms with Crippen LogP contribution in [0.3, 0.4) is 0 Å². The van der Waals surface area contributed by atoms with Crippen molar-refractivity contribution in [1.82, 2.24) is 20.5 Å². The molecule has 0 saturated carbocycles. The van der Waals surface area contributed by atoms with Crippen LogP contribution < -0.4 is 15.4 Å². The van der Waals surface area contributed by atoms with E-state index in [-0.39, 0.29) is 42.5 Å². The van der Waals surface area contributed by atoms with Crippen molar-refractivity contribution >= 4 is 11.8 Å². The lowest BCUT2D eigenvalue weighted by Gasteiger charge is -2.29. The van der Waals surface area contributed by atoms with Crippen LogP contribution in [-0.4, -0.2) is 53.5 Å². The summed E-state index contributed by atoms with van der Waals surface area (Å²) in [6.45, 7) is 1.31. The molecular formula is C26H27FN4O4. The first-order chi connectivity index (χ1) is 17.1. The number of benzene rings is 2. The Bertz CT molecular complexity index is 1200. The van der Waals surface area contributed by atoms with Crippen LogP contribution in [0.1, 0.15) is 35.3 Å². The second kappa shape index (κ2) is 10.3. The number of carbonyl (C=O) groups is 2. The number of ether oxygens (including phenoxy) is 1. The standard InChI is InChI=1S/C26H27FN4O4/c27-18-6-9-23-22(12-18)25(33)29-14-21-8-7-20(13-24(32)28-10-11-34-23)31(21)15-19-16-35-26(30-19)17-4-2-1-3-5-17/h1-6,9,12,16,20-21H,7-8,10-11,13-15H2,(H,28,32)(H,29,33)/t20-,21+/m0/s1. The minimum absolute atomic E-state index is 0.00219. The van der Waals surface area contributed by atoms with Crippen molar-refractivity contribution < 1.29 is 23.1 Å². The van der Waals surface area contributed by atoms with Gasteiger partial charge in [0.05, 0.1) is 17.8 Å². The molecule has 8 nitrogen and oxygen atoms in total. The van der Waals surface area contributed by atoms with Crippen molar-refractivity contribution in [3.8, 4) is 17.2 Å². The molecule has 1 fully saturated rings. The molecule has 2 aliphatic rings. The molecule has 1 aromatic heterocycles. The summed E-state index contributed by atoms with van der Waals surface area (Å²) >= 11 is 0. The first kappa shape index (κ1) is 23.0. The van der Waals surface area contributed by atoms with E-state index in [0.717, 1.165) is 24.1 Å². The molecule has 2 atom stereocenters. The summed E-state index contributed by atoms with van der Waals surface area (Å²) < 4.78 is 25.2. The minimum Gasteiger partial charge on any atom is -0.491 e. The minimum atomic E-state index is -0.514. The molecule has 5 rings (SSSR count). The van der Waals surface area contributed by atoms with Gasteiger partial charge in [-0.25, -0.2) is 9.37 Å². The first-order valence-electron chi connectivity index (χ1n) is 11.8. The van der Waals surface area contributed by atoms with E-state index in [9.17, 15) is 14.0 Å². The highest BCUT2D eigenvalue weighted by molar-refractivity contribution is 5.97. The van der Waals surface area contributed by atoms with E-state index in [2.05, 4.69) is 20.5 Å². The highest BCUT2D eigenvalue weighted by Gasteiger charge is 2.35. The molecule has 3 heterocycles. The third-order valence-electron chi connectivity index (χ3n) is 6.48. The van der Waals surface area contributed by atoms with E-state index in [1.165, 1.54) is 18.2 Å². The number of halogens is 1. The number of oxazole rings is 1. The third kappa shape index (κ3) is 5.35. The second-order valence-electron chi connectivity index (χ2n) is 8.82. The van der Waals surface area contributed by atoms with Gasteiger partial charge in [0, 0.05) is 37.2 Å². The van der Waals surface area contributed by atoms with E-state index < -0.39 is 11.7 Å². The van der Waals surface area contributed by atoms with E-state index in [1.807, 2.05) is 30.3 Å². The molecule has 0 unspecified atom stereocenters. The Hall–Kier alpha value is -3.72. The molecule has 35 heavy (non-hydrogen) atoms. The summed E-state index contributed by atoms with van der Waals surface area (Å²) in [5.41, 5.74) is 1.79. The summed E-state index contributed by atoms with van der Waals surface area (Å²) in [7, 11) is 0. The molecule has 1 saturated heterocycles. The Morgan fingerprint density at radius 1 is 1.06 bits per heavy atom. The van der Waals surface area contributed by atoms with Gasteiger partial charge in [-0.3, -0.25) is 14.5 Å². The van der Waals surface area contributed by atoms with Crippen LogP contribution in [0.5, 0.6) is 5.75 Å². The number of nitrogens with one attached hydrogen (secondary N) is 2. The third-order valence-corrected chi connectivity index (χ3v) is 6.48. The van der Waals surface area contributed by atoms with Crippen molar-refractivity contribution in [2.75, 3.05) is 19.7 Å². The largest absolute Gasteiger partial charge is 0.491 e. The molecule has 2 aromatic carbocycles. The zero-order valence-corrected chi connectivity index (χ0v) is 19.2. The van der Waals surface area contributed by atoms with Gasteiger partial charge in [0.2, 0.25) is 11.8 Å². The molecule has 2 aliphatic heterocycles. The highest BCUT2D eigenvalue weighted by Crippen LogP contribution is 2.29. The monoisotopic (exact) mass is 478 g/mol. The van der Waals surface area contributed by atoms with Crippen LogP contribution >= 0.6 is 0 Å². The van der Waals surface area contributed by atoms with Crippen molar-refractivity contribution in [2.45, 2.75) is 37.9 Å². The number of hydrogen-bond acceptors (Lipinski definition) is 6. The maximum Gasteiger partial charge on any atom is 0.255 e. The lowest BCUT2D eigenvalue weighted by Crippen LogP contribution is -2.44. The van der Waals surface area contributed by atoms with Gasteiger partial charge in [-0.15, -0.1) is 0 Å². The fraction of sp³-hybridized carbons (Fsp3) is 0.346. The smallest absolute Gasteiger partial charge is 0.255 e. The summed E-state index contributed by atoms with van der Waals surface area (Å²) in [4.78, 5) is 32.4. The van der Waals surface area contributed by atoms with Gasteiger partial charge in [0.15, 0.2) is 0 Å². The van der Waals surface area contributed by atoms with Crippen LogP contribution in [0.4, 0.5) is 4.39 Å². The van der Waals surface area contributed by atoms with Gasteiger partial charge in [0.1, 0.15) is 24.4 Å². The van der Waals surface area contributed by atoms with Gasteiger partial charge in [-0.2, -0.15) is 0 Å². The van der Waals surface area contributed by atoms with Crippen molar-refractivity contribution in [3.63, 3.8) is 0 Å². The highest BCUT2D eigenvalue weighted by atomic mass is 19.1. The van der Waals surface area contributed by atoms with Crippen LogP contribution in [0.15, 0.2) is 59.2 Å². The Balaban J connectivity index is 1.37. The predicted octanol–water partition coefficient (Wildman–Crippen LogP) is 3.14. The Morgan fingerprint density at radius 3 is 2.74 bits per heavy atom. The van der Waals surface area contributed by atoms with Crippen molar-refractivity contribution in [2.24, 2.45) is 0 Å². The maximum atomic E-state index is 13.9. The molecule has 3 aromatic rings. The Morgan fingerprint density at radius 2 is 1.89 bits per heavy atom. The molecule has 182 valence electrons. The normalized spacial score (nSPS) is 21.4. The zero-order valence-electron chi connectivity index (χ0n) is 19.2. The fourth-order valence-corrected chi connectivity index (χ4v) is 4.74.